The number of rotatable bonds is 6. The third-order valence-electron chi connectivity index (χ3n) is 3.28. The zero-order chi connectivity index (χ0) is 13.7. The highest BCUT2D eigenvalue weighted by Gasteiger charge is 2.20. The molecule has 3 heteroatoms. The maximum absolute atomic E-state index is 13.0. The lowest BCUT2D eigenvalue weighted by Crippen LogP contribution is -2.38. The van der Waals surface area contributed by atoms with Crippen molar-refractivity contribution in [1.29, 1.82) is 0 Å². The lowest BCUT2D eigenvalue weighted by atomic mass is 9.99. The Kier molecular flexibility index (Phi) is 4.86. The number of halogens is 2. The molecule has 1 unspecified atom stereocenters. The zero-order valence-electron chi connectivity index (χ0n) is 11.1. The second-order valence-corrected chi connectivity index (χ2v) is 4.74. The average Bonchev–Trinajstić information content (AvgIpc) is 2.43. The van der Waals surface area contributed by atoms with E-state index < -0.39 is 12.5 Å². The van der Waals surface area contributed by atoms with Gasteiger partial charge < -0.3 is 5.32 Å². The molecular formula is C16H19F2N. The molecule has 0 bridgehead atoms. The van der Waals surface area contributed by atoms with Gasteiger partial charge >= 0.3 is 0 Å². The molecule has 0 aliphatic carbocycles. The Morgan fingerprint density at radius 1 is 1.05 bits per heavy atom. The highest BCUT2D eigenvalue weighted by atomic mass is 19.3. The summed E-state index contributed by atoms with van der Waals surface area (Å²) in [6.07, 6.45) is -1.12. The van der Waals surface area contributed by atoms with Gasteiger partial charge in [-0.15, -0.1) is 0 Å². The van der Waals surface area contributed by atoms with Crippen LogP contribution in [0.3, 0.4) is 0 Å². The number of nitrogens with one attached hydrogen (secondary N) is 1. The fourth-order valence-corrected chi connectivity index (χ4v) is 2.29. The van der Waals surface area contributed by atoms with Crippen molar-refractivity contribution in [2.75, 3.05) is 6.54 Å². The Hall–Kier alpha value is -1.48. The lowest BCUT2D eigenvalue weighted by molar-refractivity contribution is 0.0984. The Bertz CT molecular complexity index is 520. The molecule has 2 aromatic rings. The molecule has 0 saturated heterocycles. The predicted molar refractivity (Wildman–Crippen MR) is 75.7 cm³/mol. The van der Waals surface area contributed by atoms with Crippen LogP contribution in [0.25, 0.3) is 10.8 Å². The largest absolute Gasteiger partial charge is 0.309 e. The molecule has 1 nitrogen and oxygen atoms in total. The summed E-state index contributed by atoms with van der Waals surface area (Å²) >= 11 is 0. The quantitative estimate of drug-likeness (QED) is 0.830. The minimum absolute atomic E-state index is 0.360. The first-order valence-corrected chi connectivity index (χ1v) is 6.70. The standard InChI is InChI=1S/C16H19F2N/c1-2-10-19-15(16(17)18)11-13-8-5-7-12-6-3-4-9-14(12)13/h3-9,15-16,19H,2,10-11H2,1H3. The fourth-order valence-electron chi connectivity index (χ4n) is 2.29. The van der Waals surface area contributed by atoms with Crippen LogP contribution in [-0.2, 0) is 6.42 Å². The smallest absolute Gasteiger partial charge is 0.254 e. The minimum Gasteiger partial charge on any atom is -0.309 e. The molecule has 0 radical (unpaired) electrons. The molecule has 0 aromatic heterocycles. The highest BCUT2D eigenvalue weighted by molar-refractivity contribution is 5.85. The molecule has 0 aliphatic heterocycles. The second kappa shape index (κ2) is 6.62. The molecule has 0 saturated carbocycles. The van der Waals surface area contributed by atoms with E-state index in [0.29, 0.717) is 13.0 Å². The van der Waals surface area contributed by atoms with Gasteiger partial charge in [0.25, 0.3) is 6.43 Å². The maximum Gasteiger partial charge on any atom is 0.254 e. The van der Waals surface area contributed by atoms with Crippen molar-refractivity contribution in [2.24, 2.45) is 0 Å². The van der Waals surface area contributed by atoms with Crippen molar-refractivity contribution in [1.82, 2.24) is 5.32 Å². The van der Waals surface area contributed by atoms with Crippen LogP contribution in [-0.4, -0.2) is 19.0 Å². The molecule has 2 rings (SSSR count). The summed E-state index contributed by atoms with van der Waals surface area (Å²) in [7, 11) is 0. The van der Waals surface area contributed by atoms with Crippen molar-refractivity contribution in [3.05, 3.63) is 48.0 Å². The van der Waals surface area contributed by atoms with Crippen molar-refractivity contribution in [3.8, 4) is 0 Å². The molecule has 0 fully saturated rings. The summed E-state index contributed by atoms with van der Waals surface area (Å²) in [6.45, 7) is 2.60. The molecule has 0 amide bonds. The number of fused-ring (bicyclic) bond motifs is 1. The molecular weight excluding hydrogens is 244 g/mol. The number of alkyl halides is 2. The van der Waals surface area contributed by atoms with E-state index in [0.717, 1.165) is 22.8 Å². The van der Waals surface area contributed by atoms with Gasteiger partial charge in [-0.25, -0.2) is 8.78 Å². The number of hydrogen-bond donors (Lipinski definition) is 1. The Labute approximate surface area is 112 Å². The van der Waals surface area contributed by atoms with E-state index in [-0.39, 0.29) is 0 Å². The van der Waals surface area contributed by atoms with E-state index in [1.54, 1.807) is 0 Å². The predicted octanol–water partition coefficient (Wildman–Crippen LogP) is 4.02. The van der Waals surface area contributed by atoms with E-state index in [1.807, 2.05) is 49.4 Å². The molecule has 1 atom stereocenters. The lowest BCUT2D eigenvalue weighted by Gasteiger charge is -2.18. The van der Waals surface area contributed by atoms with Crippen LogP contribution in [0.2, 0.25) is 0 Å². The van der Waals surface area contributed by atoms with Gasteiger partial charge in [-0.05, 0) is 35.7 Å². The molecule has 1 N–H and O–H groups in total. The monoisotopic (exact) mass is 263 g/mol. The summed E-state index contributed by atoms with van der Waals surface area (Å²) in [4.78, 5) is 0. The van der Waals surface area contributed by atoms with E-state index in [4.69, 9.17) is 0 Å². The summed E-state index contributed by atoms with van der Waals surface area (Å²) < 4.78 is 26.1. The number of benzene rings is 2. The van der Waals surface area contributed by atoms with Gasteiger partial charge in [0.15, 0.2) is 0 Å². The first-order chi connectivity index (χ1) is 9.22. The summed E-state index contributed by atoms with van der Waals surface area (Å²) in [6, 6.07) is 13.0. The van der Waals surface area contributed by atoms with Gasteiger partial charge in [0, 0.05) is 0 Å². The van der Waals surface area contributed by atoms with Gasteiger partial charge in [-0.3, -0.25) is 0 Å². The van der Waals surface area contributed by atoms with Crippen LogP contribution < -0.4 is 5.32 Å². The SMILES string of the molecule is CCCNC(Cc1cccc2ccccc12)C(F)F. The van der Waals surface area contributed by atoms with E-state index >= 15 is 0 Å². The van der Waals surface area contributed by atoms with Crippen LogP contribution in [0.5, 0.6) is 0 Å². The Balaban J connectivity index is 2.23. The Morgan fingerprint density at radius 2 is 1.79 bits per heavy atom. The third kappa shape index (κ3) is 3.51. The summed E-state index contributed by atoms with van der Waals surface area (Å²) in [5, 5.41) is 5.10. The van der Waals surface area contributed by atoms with Crippen LogP contribution in [0.15, 0.2) is 42.5 Å². The van der Waals surface area contributed by atoms with Crippen LogP contribution in [0, 0.1) is 0 Å². The molecule has 0 heterocycles. The average molecular weight is 263 g/mol. The molecule has 0 spiro atoms. The van der Waals surface area contributed by atoms with Gasteiger partial charge in [0.05, 0.1) is 6.04 Å². The summed E-state index contributed by atoms with van der Waals surface area (Å²) in [5.74, 6) is 0. The van der Waals surface area contributed by atoms with Gasteiger partial charge in [-0.2, -0.15) is 0 Å². The normalized spacial score (nSPS) is 13.1. The van der Waals surface area contributed by atoms with Crippen molar-refractivity contribution >= 4 is 10.8 Å². The van der Waals surface area contributed by atoms with Gasteiger partial charge in [0.1, 0.15) is 0 Å². The fraction of sp³-hybridized carbons (Fsp3) is 0.375. The highest BCUT2D eigenvalue weighted by Crippen LogP contribution is 2.21. The van der Waals surface area contributed by atoms with Crippen LogP contribution in [0.4, 0.5) is 8.78 Å². The summed E-state index contributed by atoms with van der Waals surface area (Å²) in [5.41, 5.74) is 0.979. The maximum atomic E-state index is 13.0. The zero-order valence-corrected chi connectivity index (χ0v) is 11.1. The first-order valence-electron chi connectivity index (χ1n) is 6.70. The molecule has 0 aliphatic rings. The van der Waals surface area contributed by atoms with Gasteiger partial charge in [-0.1, -0.05) is 49.4 Å². The van der Waals surface area contributed by atoms with Crippen molar-refractivity contribution in [3.63, 3.8) is 0 Å². The van der Waals surface area contributed by atoms with Gasteiger partial charge in [0.2, 0.25) is 0 Å². The minimum atomic E-state index is -2.34. The van der Waals surface area contributed by atoms with Crippen LogP contribution in [0.1, 0.15) is 18.9 Å². The van der Waals surface area contributed by atoms with E-state index in [9.17, 15) is 8.78 Å². The van der Waals surface area contributed by atoms with E-state index in [1.165, 1.54) is 0 Å². The van der Waals surface area contributed by atoms with Crippen molar-refractivity contribution in [2.45, 2.75) is 32.2 Å². The molecule has 102 valence electrons. The molecule has 19 heavy (non-hydrogen) atoms. The molecule has 2 aromatic carbocycles. The second-order valence-electron chi connectivity index (χ2n) is 4.74. The first kappa shape index (κ1) is 13.9. The number of hydrogen-bond acceptors (Lipinski definition) is 1. The topological polar surface area (TPSA) is 12.0 Å². The van der Waals surface area contributed by atoms with E-state index in [2.05, 4.69) is 5.32 Å². The van der Waals surface area contributed by atoms with Crippen LogP contribution >= 0.6 is 0 Å². The third-order valence-corrected chi connectivity index (χ3v) is 3.28. The Morgan fingerprint density at radius 3 is 2.53 bits per heavy atom. The van der Waals surface area contributed by atoms with Crippen molar-refractivity contribution < 1.29 is 8.78 Å².